The van der Waals surface area contributed by atoms with Crippen LogP contribution >= 0.6 is 11.8 Å². The van der Waals surface area contributed by atoms with Crippen molar-refractivity contribution < 1.29 is 5.11 Å². The van der Waals surface area contributed by atoms with Crippen LogP contribution in [0.4, 0.5) is 5.82 Å². The maximum absolute atomic E-state index is 9.21. The number of aliphatic hydroxyl groups excluding tert-OH is 1. The second-order valence-corrected chi connectivity index (χ2v) is 6.04. The van der Waals surface area contributed by atoms with Gasteiger partial charge in [-0.1, -0.05) is 6.07 Å². The summed E-state index contributed by atoms with van der Waals surface area (Å²) < 4.78 is 0. The van der Waals surface area contributed by atoms with Gasteiger partial charge in [-0.2, -0.15) is 11.8 Å². The molecule has 1 unspecified atom stereocenters. The van der Waals surface area contributed by atoms with E-state index in [9.17, 15) is 5.11 Å². The van der Waals surface area contributed by atoms with Gasteiger partial charge in [0.15, 0.2) is 5.82 Å². The zero-order chi connectivity index (χ0) is 15.9. The highest BCUT2D eigenvalue weighted by molar-refractivity contribution is 7.98. The van der Waals surface area contributed by atoms with E-state index < -0.39 is 0 Å². The van der Waals surface area contributed by atoms with Gasteiger partial charge in [-0.05, 0) is 38.7 Å². The lowest BCUT2D eigenvalue weighted by atomic mass is 10.2. The Kier molecular flexibility index (Phi) is 6.15. The minimum Gasteiger partial charge on any atom is -0.396 e. The molecule has 2 N–H and O–H groups in total. The number of nitrogens with zero attached hydrogens (tertiary/aromatic N) is 3. The van der Waals surface area contributed by atoms with Crippen molar-refractivity contribution in [1.29, 1.82) is 0 Å². The monoisotopic (exact) mass is 318 g/mol. The van der Waals surface area contributed by atoms with Gasteiger partial charge in [0.1, 0.15) is 11.5 Å². The molecular formula is C16H22N4OS. The Labute approximate surface area is 135 Å². The number of pyridine rings is 1. The van der Waals surface area contributed by atoms with Crippen molar-refractivity contribution in [2.75, 3.05) is 23.9 Å². The largest absolute Gasteiger partial charge is 0.396 e. The minimum atomic E-state index is 0.161. The number of nitrogens with one attached hydrogen (secondary N) is 1. The number of aliphatic hydroxyl groups is 1. The number of aryl methyl sites for hydroxylation is 1. The van der Waals surface area contributed by atoms with Crippen LogP contribution in [0.5, 0.6) is 0 Å². The van der Waals surface area contributed by atoms with Crippen LogP contribution in [0.2, 0.25) is 0 Å². The number of thioether (sulfide) groups is 1. The van der Waals surface area contributed by atoms with Crippen molar-refractivity contribution in [2.24, 2.45) is 0 Å². The van der Waals surface area contributed by atoms with Crippen LogP contribution in [0.1, 0.15) is 17.7 Å². The molecule has 22 heavy (non-hydrogen) atoms. The third-order valence-electron chi connectivity index (χ3n) is 3.47. The summed E-state index contributed by atoms with van der Waals surface area (Å²) in [6, 6.07) is 5.89. The Morgan fingerprint density at radius 3 is 2.73 bits per heavy atom. The van der Waals surface area contributed by atoms with Crippen molar-refractivity contribution >= 4 is 17.6 Å². The van der Waals surface area contributed by atoms with Crippen molar-refractivity contribution in [3.8, 4) is 11.5 Å². The molecule has 0 bridgehead atoms. The molecule has 1 atom stereocenters. The lowest BCUT2D eigenvalue weighted by molar-refractivity contribution is 0.282. The quantitative estimate of drug-likeness (QED) is 0.818. The Bertz CT molecular complexity index is 601. The van der Waals surface area contributed by atoms with Gasteiger partial charge in [0.05, 0.1) is 0 Å². The molecule has 0 fully saturated rings. The highest BCUT2D eigenvalue weighted by Crippen LogP contribution is 2.21. The van der Waals surface area contributed by atoms with E-state index in [2.05, 4.69) is 26.5 Å². The summed E-state index contributed by atoms with van der Waals surface area (Å²) >= 11 is 1.75. The number of aromatic nitrogens is 3. The SMILES string of the molecule is CSCC(CCO)Nc1nc(-c2ccccn2)nc(C)c1C. The van der Waals surface area contributed by atoms with E-state index in [0.717, 1.165) is 28.5 Å². The van der Waals surface area contributed by atoms with Crippen LogP contribution in [0.15, 0.2) is 24.4 Å². The molecule has 0 saturated heterocycles. The number of hydrogen-bond donors (Lipinski definition) is 2. The molecule has 118 valence electrons. The molecule has 0 spiro atoms. The Hall–Kier alpha value is -1.66. The van der Waals surface area contributed by atoms with Crippen LogP contribution < -0.4 is 5.32 Å². The normalized spacial score (nSPS) is 12.2. The summed E-state index contributed by atoms with van der Waals surface area (Å²) in [6.07, 6.45) is 4.50. The molecule has 0 aromatic carbocycles. The minimum absolute atomic E-state index is 0.161. The van der Waals surface area contributed by atoms with Gasteiger partial charge in [-0.15, -0.1) is 0 Å². The van der Waals surface area contributed by atoms with Crippen LogP contribution in [-0.4, -0.2) is 44.7 Å². The maximum Gasteiger partial charge on any atom is 0.180 e. The van der Waals surface area contributed by atoms with E-state index in [1.54, 1.807) is 18.0 Å². The summed E-state index contributed by atoms with van der Waals surface area (Å²) in [5, 5.41) is 12.6. The second kappa shape index (κ2) is 8.10. The fraction of sp³-hybridized carbons (Fsp3) is 0.438. The average Bonchev–Trinajstić information content (AvgIpc) is 2.53. The summed E-state index contributed by atoms with van der Waals surface area (Å²) in [7, 11) is 0. The smallest absolute Gasteiger partial charge is 0.180 e. The van der Waals surface area contributed by atoms with Gasteiger partial charge >= 0.3 is 0 Å². The average molecular weight is 318 g/mol. The Morgan fingerprint density at radius 1 is 1.27 bits per heavy atom. The fourth-order valence-electron chi connectivity index (χ4n) is 2.13. The molecule has 2 rings (SSSR count). The van der Waals surface area contributed by atoms with Gasteiger partial charge in [0, 0.05) is 35.9 Å². The van der Waals surface area contributed by atoms with E-state index in [1.807, 2.05) is 32.0 Å². The third-order valence-corrected chi connectivity index (χ3v) is 4.21. The van der Waals surface area contributed by atoms with Crippen molar-refractivity contribution in [2.45, 2.75) is 26.3 Å². The van der Waals surface area contributed by atoms with E-state index in [0.29, 0.717) is 12.2 Å². The first-order chi connectivity index (χ1) is 10.7. The molecule has 0 aliphatic carbocycles. The fourth-order valence-corrected chi connectivity index (χ4v) is 2.78. The summed E-state index contributed by atoms with van der Waals surface area (Å²) in [4.78, 5) is 13.5. The van der Waals surface area contributed by atoms with Crippen LogP contribution in [0.3, 0.4) is 0 Å². The number of anilines is 1. The first-order valence-electron chi connectivity index (χ1n) is 7.28. The van der Waals surface area contributed by atoms with E-state index in [1.165, 1.54) is 0 Å². The topological polar surface area (TPSA) is 70.9 Å². The lowest BCUT2D eigenvalue weighted by Gasteiger charge is -2.19. The van der Waals surface area contributed by atoms with Crippen molar-refractivity contribution in [3.63, 3.8) is 0 Å². The molecule has 0 radical (unpaired) electrons. The van der Waals surface area contributed by atoms with Crippen molar-refractivity contribution in [3.05, 3.63) is 35.7 Å². The Balaban J connectivity index is 2.32. The molecular weight excluding hydrogens is 296 g/mol. The molecule has 2 aromatic rings. The molecule has 6 heteroatoms. The summed E-state index contributed by atoms with van der Waals surface area (Å²) in [5.74, 6) is 2.36. The van der Waals surface area contributed by atoms with E-state index in [-0.39, 0.29) is 12.6 Å². The summed E-state index contributed by atoms with van der Waals surface area (Å²) in [6.45, 7) is 4.15. The van der Waals surface area contributed by atoms with Gasteiger partial charge < -0.3 is 10.4 Å². The summed E-state index contributed by atoms with van der Waals surface area (Å²) in [5.41, 5.74) is 2.73. The molecule has 0 amide bonds. The van der Waals surface area contributed by atoms with Gasteiger partial charge in [0.25, 0.3) is 0 Å². The van der Waals surface area contributed by atoms with E-state index >= 15 is 0 Å². The predicted molar refractivity (Wildman–Crippen MR) is 92.2 cm³/mol. The molecule has 5 nitrogen and oxygen atoms in total. The van der Waals surface area contributed by atoms with Gasteiger partial charge in [-0.3, -0.25) is 4.98 Å². The number of rotatable bonds is 7. The Morgan fingerprint density at radius 2 is 2.09 bits per heavy atom. The maximum atomic E-state index is 9.21. The second-order valence-electron chi connectivity index (χ2n) is 5.13. The zero-order valence-corrected chi connectivity index (χ0v) is 14.0. The standard InChI is InChI=1S/C16H22N4OS/c1-11-12(2)18-16(14-6-4-5-8-17-14)20-15(11)19-13(7-9-21)10-22-3/h4-6,8,13,21H,7,9-10H2,1-3H3,(H,18,19,20). The van der Waals surface area contributed by atoms with Gasteiger partial charge in [0.2, 0.25) is 0 Å². The highest BCUT2D eigenvalue weighted by Gasteiger charge is 2.14. The molecule has 0 aliphatic rings. The molecule has 2 aromatic heterocycles. The first-order valence-corrected chi connectivity index (χ1v) is 8.68. The van der Waals surface area contributed by atoms with Crippen molar-refractivity contribution in [1.82, 2.24) is 15.0 Å². The number of hydrogen-bond acceptors (Lipinski definition) is 6. The molecule has 0 saturated carbocycles. The van der Waals surface area contributed by atoms with E-state index in [4.69, 9.17) is 0 Å². The predicted octanol–water partition coefficient (Wildman–Crippen LogP) is 2.68. The van der Waals surface area contributed by atoms with Crippen LogP contribution in [0.25, 0.3) is 11.5 Å². The first kappa shape index (κ1) is 16.7. The molecule has 0 aliphatic heterocycles. The van der Waals surface area contributed by atoms with Gasteiger partial charge in [-0.25, -0.2) is 9.97 Å². The molecule has 2 heterocycles. The van der Waals surface area contributed by atoms with Crippen LogP contribution in [-0.2, 0) is 0 Å². The third kappa shape index (κ3) is 4.18. The lowest BCUT2D eigenvalue weighted by Crippen LogP contribution is -2.25. The zero-order valence-electron chi connectivity index (χ0n) is 13.2. The van der Waals surface area contributed by atoms with Crippen LogP contribution in [0, 0.1) is 13.8 Å². The highest BCUT2D eigenvalue weighted by atomic mass is 32.2.